The van der Waals surface area contributed by atoms with Gasteiger partial charge in [0.2, 0.25) is 0 Å². The molecular formula is C21H41Cl3O7. The molecule has 0 aromatic carbocycles. The third-order valence-corrected chi connectivity index (χ3v) is 3.09. The second kappa shape index (κ2) is 31.6. The highest BCUT2D eigenvalue weighted by atomic mass is 35.6. The van der Waals surface area contributed by atoms with Gasteiger partial charge < -0.3 is 24.1 Å². The van der Waals surface area contributed by atoms with E-state index in [1.165, 1.54) is 33.1 Å². The molecule has 0 aromatic rings. The number of hydrogen-bond acceptors (Lipinski definition) is 7. The zero-order valence-corrected chi connectivity index (χ0v) is 22.0. The second-order valence-electron chi connectivity index (χ2n) is 5.97. The second-order valence-corrected chi connectivity index (χ2v) is 7.95. The molecule has 1 N–H and O–H groups in total. The van der Waals surface area contributed by atoms with Gasteiger partial charge in [-0.05, 0) is 34.1 Å². The molecular weight excluding hydrogens is 471 g/mol. The molecule has 0 amide bonds. The Morgan fingerprint density at radius 1 is 0.839 bits per heavy atom. The number of carbonyl (C=O) groups excluding carboxylic acids is 3. The monoisotopic (exact) mass is 510 g/mol. The van der Waals surface area contributed by atoms with Crippen LogP contribution >= 0.6 is 34.8 Å². The number of hydrogen-bond donors (Lipinski definition) is 1. The van der Waals surface area contributed by atoms with Crippen LogP contribution in [0, 0.1) is 5.92 Å². The molecule has 31 heavy (non-hydrogen) atoms. The van der Waals surface area contributed by atoms with Crippen molar-refractivity contribution < 1.29 is 33.7 Å². The molecule has 0 aliphatic carbocycles. The highest BCUT2D eigenvalue weighted by Crippen LogP contribution is 2.05. The zero-order chi connectivity index (χ0) is 25.1. The molecule has 0 aromatic heterocycles. The smallest absolute Gasteiger partial charge is 0.311 e. The Morgan fingerprint density at radius 3 is 1.65 bits per heavy atom. The Balaban J connectivity index is -0.000000172. The van der Waals surface area contributed by atoms with Crippen molar-refractivity contribution in [3.8, 4) is 0 Å². The number of ketones is 1. The number of unbranched alkanes of at least 4 members (excludes halogenated alkanes) is 3. The lowest BCUT2D eigenvalue weighted by Crippen LogP contribution is -2.23. The number of aliphatic hydroxyl groups is 1. The fourth-order valence-corrected chi connectivity index (χ4v) is 1.78. The predicted octanol–water partition coefficient (Wildman–Crippen LogP) is 5.30. The molecule has 0 rings (SSSR count). The van der Waals surface area contributed by atoms with Crippen LogP contribution in [-0.4, -0.2) is 60.2 Å². The maximum atomic E-state index is 11.0. The van der Waals surface area contributed by atoms with Crippen molar-refractivity contribution in [3.63, 3.8) is 0 Å². The van der Waals surface area contributed by atoms with Gasteiger partial charge in [0, 0.05) is 26.6 Å². The molecule has 0 bridgehead atoms. The number of carbonyl (C=O) groups is 3. The molecule has 1 unspecified atom stereocenters. The predicted molar refractivity (Wildman–Crippen MR) is 127 cm³/mol. The van der Waals surface area contributed by atoms with E-state index in [4.69, 9.17) is 49.4 Å². The molecule has 10 heteroatoms. The van der Waals surface area contributed by atoms with E-state index in [9.17, 15) is 14.4 Å². The van der Waals surface area contributed by atoms with Crippen LogP contribution in [0.5, 0.6) is 0 Å². The fourth-order valence-electron chi connectivity index (χ4n) is 1.78. The first kappa shape index (κ1) is 37.7. The number of Topliss-reactive ketones (excluding diaryl/α,β-unsaturated/α-hetero) is 1. The van der Waals surface area contributed by atoms with Gasteiger partial charge in [-0.3, -0.25) is 9.59 Å². The van der Waals surface area contributed by atoms with Gasteiger partial charge in [-0.2, -0.15) is 0 Å². The highest BCUT2D eigenvalue weighted by Gasteiger charge is 2.20. The summed E-state index contributed by atoms with van der Waals surface area (Å²) in [6.07, 6.45) is 4.69. The summed E-state index contributed by atoms with van der Waals surface area (Å²) < 4.78 is 13.5. The van der Waals surface area contributed by atoms with Crippen LogP contribution in [-0.2, 0) is 28.6 Å². The van der Waals surface area contributed by atoms with E-state index < -0.39 is 16.2 Å². The maximum Gasteiger partial charge on any atom is 0.311 e. The van der Waals surface area contributed by atoms with Crippen LogP contribution in [0.4, 0.5) is 0 Å². The zero-order valence-electron chi connectivity index (χ0n) is 19.8. The van der Waals surface area contributed by atoms with Gasteiger partial charge >= 0.3 is 11.9 Å². The van der Waals surface area contributed by atoms with Crippen LogP contribution < -0.4 is 0 Å². The number of esters is 2. The van der Waals surface area contributed by atoms with Crippen LogP contribution in [0.25, 0.3) is 0 Å². The van der Waals surface area contributed by atoms with E-state index in [0.29, 0.717) is 6.61 Å². The molecule has 0 radical (unpaired) electrons. The van der Waals surface area contributed by atoms with Crippen molar-refractivity contribution in [2.45, 2.75) is 77.9 Å². The normalized spacial score (nSPS) is 10.3. The van der Waals surface area contributed by atoms with Crippen LogP contribution in [0.15, 0.2) is 0 Å². The summed E-state index contributed by atoms with van der Waals surface area (Å²) in [6.45, 7) is 12.9. The Labute approximate surface area is 203 Å². The van der Waals surface area contributed by atoms with Crippen molar-refractivity contribution in [1.29, 1.82) is 0 Å². The average Bonchev–Trinajstić information content (AvgIpc) is 2.67. The number of aliphatic hydroxyl groups excluding tert-OH is 1. The molecule has 0 spiro atoms. The van der Waals surface area contributed by atoms with E-state index in [-0.39, 0.29) is 31.4 Å². The summed E-state index contributed by atoms with van der Waals surface area (Å²) in [5.41, 5.74) is 0. The van der Waals surface area contributed by atoms with Gasteiger partial charge in [0.05, 0.1) is 25.7 Å². The first-order valence-electron chi connectivity index (χ1n) is 10.4. The van der Waals surface area contributed by atoms with Crippen molar-refractivity contribution in [2.75, 3.05) is 33.0 Å². The molecule has 0 saturated carbocycles. The standard InChI is InChI=1S/C8H14O4.C8H16O2.C4H10O.CHCl3/c1-3-12-8(11)7(5-9)4-6(2)10;1-3-4-5-6-7-10-8(2)9;1-3-5-4-2;2-1(3)4/h7,9H,3-5H2,1-2H3;3-7H2,1-2H3;3-4H2,1-2H3;1H. The molecule has 1 atom stereocenters. The highest BCUT2D eigenvalue weighted by molar-refractivity contribution is 6.63. The van der Waals surface area contributed by atoms with Gasteiger partial charge in [-0.25, -0.2) is 0 Å². The molecule has 0 fully saturated rings. The molecule has 0 aliphatic heterocycles. The van der Waals surface area contributed by atoms with Gasteiger partial charge in [-0.1, -0.05) is 61.0 Å². The Hall–Kier alpha value is -0.600. The first-order chi connectivity index (χ1) is 14.5. The van der Waals surface area contributed by atoms with Crippen LogP contribution in [0.2, 0.25) is 0 Å². The fraction of sp³-hybridized carbons (Fsp3) is 0.857. The number of rotatable bonds is 12. The summed E-state index contributed by atoms with van der Waals surface area (Å²) >= 11 is 14.4. The van der Waals surface area contributed by atoms with E-state index in [1.54, 1.807) is 6.92 Å². The summed E-state index contributed by atoms with van der Waals surface area (Å²) in [6, 6.07) is 0. The Morgan fingerprint density at radius 2 is 1.35 bits per heavy atom. The van der Waals surface area contributed by atoms with Gasteiger partial charge in [0.1, 0.15) is 5.78 Å². The average molecular weight is 512 g/mol. The molecule has 7 nitrogen and oxygen atoms in total. The topological polar surface area (TPSA) is 99.1 Å². The van der Waals surface area contributed by atoms with Crippen molar-refractivity contribution >= 4 is 52.5 Å². The SMILES string of the molecule is CCCCCCOC(C)=O.CCOC(=O)C(CO)CC(C)=O.CCOCC.ClC(Cl)Cl. The summed E-state index contributed by atoms with van der Waals surface area (Å²) in [5.74, 6) is -1.49. The minimum Gasteiger partial charge on any atom is -0.466 e. The number of ether oxygens (including phenoxy) is 3. The quantitative estimate of drug-likeness (QED) is 0.216. The van der Waals surface area contributed by atoms with E-state index in [0.717, 1.165) is 19.6 Å². The van der Waals surface area contributed by atoms with E-state index >= 15 is 0 Å². The van der Waals surface area contributed by atoms with Crippen LogP contribution in [0.3, 0.4) is 0 Å². The minimum atomic E-state index is -0.750. The molecule has 0 saturated heterocycles. The van der Waals surface area contributed by atoms with E-state index in [1.807, 2.05) is 13.8 Å². The van der Waals surface area contributed by atoms with Gasteiger partial charge in [-0.15, -0.1) is 0 Å². The number of alkyl halides is 3. The third kappa shape index (κ3) is 48.2. The lowest BCUT2D eigenvalue weighted by atomic mass is 10.1. The maximum absolute atomic E-state index is 11.0. The summed E-state index contributed by atoms with van der Waals surface area (Å²) in [5, 5.41) is 8.72. The van der Waals surface area contributed by atoms with Crippen LogP contribution in [0.1, 0.15) is 73.6 Å². The molecule has 0 heterocycles. The summed E-state index contributed by atoms with van der Waals surface area (Å²) in [7, 11) is 0. The lowest BCUT2D eigenvalue weighted by Gasteiger charge is -2.10. The summed E-state index contributed by atoms with van der Waals surface area (Å²) in [4.78, 5) is 31.8. The van der Waals surface area contributed by atoms with E-state index in [2.05, 4.69) is 11.7 Å². The van der Waals surface area contributed by atoms with Crippen molar-refractivity contribution in [1.82, 2.24) is 0 Å². The minimum absolute atomic E-state index is 0.0509. The first-order valence-corrected chi connectivity index (χ1v) is 11.7. The number of halogens is 3. The van der Waals surface area contributed by atoms with Gasteiger partial charge in [0.25, 0.3) is 0 Å². The lowest BCUT2D eigenvalue weighted by molar-refractivity contribution is -0.151. The van der Waals surface area contributed by atoms with Crippen molar-refractivity contribution in [2.24, 2.45) is 5.92 Å². The Bertz CT molecular complexity index is 404. The van der Waals surface area contributed by atoms with Crippen molar-refractivity contribution in [3.05, 3.63) is 0 Å². The third-order valence-electron chi connectivity index (χ3n) is 3.09. The molecule has 0 aliphatic rings. The molecule has 188 valence electrons. The Kier molecular flexibility index (Phi) is 38.4. The van der Waals surface area contributed by atoms with Gasteiger partial charge in [0.15, 0.2) is 4.30 Å². The largest absolute Gasteiger partial charge is 0.466 e.